The molecule has 2 aromatic rings. The summed E-state index contributed by atoms with van der Waals surface area (Å²) in [5.74, 6) is 0.745. The molecule has 0 aliphatic heterocycles. The smallest absolute Gasteiger partial charge is 0.303 e. The fraction of sp³-hybridized carbons (Fsp3) is 0.333. The van der Waals surface area contributed by atoms with E-state index in [1.165, 1.54) is 0 Å². The van der Waals surface area contributed by atoms with Crippen LogP contribution in [0, 0.1) is 6.92 Å². The average Bonchev–Trinajstić information content (AvgIpc) is 2.81. The molecular weight excluding hydrogens is 248 g/mol. The maximum Gasteiger partial charge on any atom is 0.303 e. The van der Waals surface area contributed by atoms with E-state index >= 15 is 0 Å². The number of anilines is 1. The van der Waals surface area contributed by atoms with E-state index in [2.05, 4.69) is 20.4 Å². The van der Waals surface area contributed by atoms with Gasteiger partial charge in [0.05, 0.1) is 5.56 Å². The Hall–Kier alpha value is -2.44. The predicted octanol–water partition coefficient (Wildman–Crippen LogP) is 1.72. The highest BCUT2D eigenvalue weighted by Crippen LogP contribution is 2.23. The molecule has 100 valence electrons. The van der Waals surface area contributed by atoms with Gasteiger partial charge < -0.3 is 14.9 Å². The van der Waals surface area contributed by atoms with Crippen molar-refractivity contribution in [3.8, 4) is 11.5 Å². The first kappa shape index (κ1) is 13.0. The van der Waals surface area contributed by atoms with Gasteiger partial charge in [0, 0.05) is 19.2 Å². The molecule has 7 heteroatoms. The van der Waals surface area contributed by atoms with Gasteiger partial charge in [0.2, 0.25) is 0 Å². The molecule has 0 fully saturated rings. The molecule has 2 aromatic heterocycles. The lowest BCUT2D eigenvalue weighted by Gasteiger charge is -2.07. The van der Waals surface area contributed by atoms with Crippen molar-refractivity contribution in [1.29, 1.82) is 0 Å². The number of aryl methyl sites for hydroxylation is 1. The van der Waals surface area contributed by atoms with Crippen LogP contribution in [0.1, 0.15) is 18.7 Å². The largest absolute Gasteiger partial charge is 0.481 e. The number of carbonyl (C=O) groups is 1. The third-order valence-electron chi connectivity index (χ3n) is 2.43. The Morgan fingerprint density at radius 2 is 2.37 bits per heavy atom. The maximum absolute atomic E-state index is 10.4. The van der Waals surface area contributed by atoms with Gasteiger partial charge in [-0.25, -0.2) is 4.98 Å². The molecular formula is C12H14N4O3. The number of rotatable bonds is 6. The molecule has 7 nitrogen and oxygen atoms in total. The summed E-state index contributed by atoms with van der Waals surface area (Å²) in [5, 5.41) is 15.4. The van der Waals surface area contributed by atoms with Crippen LogP contribution in [-0.4, -0.2) is 32.7 Å². The van der Waals surface area contributed by atoms with E-state index in [9.17, 15) is 4.79 Å². The number of nitrogens with one attached hydrogen (secondary N) is 1. The monoisotopic (exact) mass is 262 g/mol. The third kappa shape index (κ3) is 3.51. The second-order valence-corrected chi connectivity index (χ2v) is 3.97. The molecule has 0 saturated heterocycles. The van der Waals surface area contributed by atoms with Gasteiger partial charge in [-0.1, -0.05) is 5.16 Å². The molecule has 0 aromatic carbocycles. The first-order valence-corrected chi connectivity index (χ1v) is 5.88. The van der Waals surface area contributed by atoms with E-state index in [4.69, 9.17) is 9.63 Å². The number of aromatic nitrogens is 3. The highest BCUT2D eigenvalue weighted by atomic mass is 16.5. The van der Waals surface area contributed by atoms with E-state index < -0.39 is 5.97 Å². The second kappa shape index (κ2) is 5.94. The minimum atomic E-state index is -0.810. The Balaban J connectivity index is 2.06. The Bertz CT molecular complexity index is 568. The first-order valence-electron chi connectivity index (χ1n) is 5.88. The number of pyridine rings is 1. The lowest BCUT2D eigenvalue weighted by atomic mass is 10.2. The van der Waals surface area contributed by atoms with Crippen LogP contribution in [0.5, 0.6) is 0 Å². The van der Waals surface area contributed by atoms with Gasteiger partial charge in [0.15, 0.2) is 5.82 Å². The van der Waals surface area contributed by atoms with Crippen LogP contribution in [0.3, 0.4) is 0 Å². The third-order valence-corrected chi connectivity index (χ3v) is 2.43. The predicted molar refractivity (Wildman–Crippen MR) is 67.6 cm³/mol. The summed E-state index contributed by atoms with van der Waals surface area (Å²) in [7, 11) is 0. The van der Waals surface area contributed by atoms with Crippen LogP contribution in [0.2, 0.25) is 0 Å². The fourth-order valence-corrected chi connectivity index (χ4v) is 1.57. The standard InChI is InChI=1S/C12H14N4O3/c1-8-15-12(19-16-8)9-4-2-6-13-11(9)14-7-3-5-10(17)18/h2,4,6H,3,5,7H2,1H3,(H,13,14)(H,17,18). The van der Waals surface area contributed by atoms with Gasteiger partial charge in [0.25, 0.3) is 5.89 Å². The van der Waals surface area contributed by atoms with Crippen molar-refractivity contribution in [2.24, 2.45) is 0 Å². The average molecular weight is 262 g/mol. The minimum Gasteiger partial charge on any atom is -0.481 e. The SMILES string of the molecule is Cc1noc(-c2cccnc2NCCCC(=O)O)n1. The van der Waals surface area contributed by atoms with Gasteiger partial charge in [-0.2, -0.15) is 4.98 Å². The van der Waals surface area contributed by atoms with Crippen molar-refractivity contribution >= 4 is 11.8 Å². The zero-order valence-electron chi connectivity index (χ0n) is 10.5. The topological polar surface area (TPSA) is 101 Å². The molecule has 2 N–H and O–H groups in total. The molecule has 0 spiro atoms. The zero-order chi connectivity index (χ0) is 13.7. The van der Waals surface area contributed by atoms with Crippen LogP contribution >= 0.6 is 0 Å². The van der Waals surface area contributed by atoms with Crippen LogP contribution < -0.4 is 5.32 Å². The van der Waals surface area contributed by atoms with Crippen molar-refractivity contribution in [3.05, 3.63) is 24.2 Å². The number of carboxylic acid groups (broad SMARTS) is 1. The van der Waals surface area contributed by atoms with Gasteiger partial charge in [-0.15, -0.1) is 0 Å². The summed E-state index contributed by atoms with van der Waals surface area (Å²) in [6.45, 7) is 2.26. The molecule has 0 bridgehead atoms. The van der Waals surface area contributed by atoms with Crippen LogP contribution in [0.25, 0.3) is 11.5 Å². The number of hydrogen-bond donors (Lipinski definition) is 2. The van der Waals surface area contributed by atoms with Crippen LogP contribution in [0.15, 0.2) is 22.9 Å². The van der Waals surface area contributed by atoms with Crippen molar-refractivity contribution < 1.29 is 14.4 Å². The minimum absolute atomic E-state index is 0.120. The zero-order valence-corrected chi connectivity index (χ0v) is 10.5. The van der Waals surface area contributed by atoms with Crippen molar-refractivity contribution in [2.45, 2.75) is 19.8 Å². The molecule has 0 aliphatic carbocycles. The molecule has 0 unspecified atom stereocenters. The van der Waals surface area contributed by atoms with E-state index in [0.717, 1.165) is 0 Å². The molecule has 2 heterocycles. The molecule has 0 saturated carbocycles. The Kier molecular flexibility index (Phi) is 4.07. The van der Waals surface area contributed by atoms with Gasteiger partial charge in [-0.3, -0.25) is 4.79 Å². The van der Waals surface area contributed by atoms with E-state index in [1.54, 1.807) is 19.2 Å². The van der Waals surface area contributed by atoms with Gasteiger partial charge in [0.1, 0.15) is 5.82 Å². The highest BCUT2D eigenvalue weighted by Gasteiger charge is 2.12. The molecule has 0 aliphatic rings. The number of hydrogen-bond acceptors (Lipinski definition) is 6. The van der Waals surface area contributed by atoms with Gasteiger partial charge >= 0.3 is 5.97 Å². The molecule has 0 radical (unpaired) electrons. The Morgan fingerprint density at radius 3 is 3.05 bits per heavy atom. The lowest BCUT2D eigenvalue weighted by Crippen LogP contribution is -2.07. The van der Waals surface area contributed by atoms with Crippen molar-refractivity contribution in [3.63, 3.8) is 0 Å². The first-order chi connectivity index (χ1) is 9.16. The highest BCUT2D eigenvalue weighted by molar-refractivity contribution is 5.69. The number of aliphatic carboxylic acids is 1. The van der Waals surface area contributed by atoms with E-state index in [1.807, 2.05) is 6.07 Å². The molecule has 2 rings (SSSR count). The molecule has 0 atom stereocenters. The van der Waals surface area contributed by atoms with E-state index in [0.29, 0.717) is 36.1 Å². The number of nitrogens with zero attached hydrogens (tertiary/aromatic N) is 3. The van der Waals surface area contributed by atoms with E-state index in [-0.39, 0.29) is 6.42 Å². The Morgan fingerprint density at radius 1 is 1.53 bits per heavy atom. The summed E-state index contributed by atoms with van der Waals surface area (Å²) in [6, 6.07) is 3.59. The summed E-state index contributed by atoms with van der Waals surface area (Å²) < 4.78 is 5.10. The van der Waals surface area contributed by atoms with Crippen molar-refractivity contribution in [2.75, 3.05) is 11.9 Å². The summed E-state index contributed by atoms with van der Waals surface area (Å²) >= 11 is 0. The normalized spacial score (nSPS) is 10.4. The maximum atomic E-state index is 10.4. The van der Waals surface area contributed by atoms with Gasteiger partial charge in [-0.05, 0) is 25.5 Å². The summed E-state index contributed by atoms with van der Waals surface area (Å²) in [4.78, 5) is 18.8. The quantitative estimate of drug-likeness (QED) is 0.764. The molecule has 0 amide bonds. The fourth-order valence-electron chi connectivity index (χ4n) is 1.57. The molecule has 19 heavy (non-hydrogen) atoms. The second-order valence-electron chi connectivity index (χ2n) is 3.97. The lowest BCUT2D eigenvalue weighted by molar-refractivity contribution is -0.137. The van der Waals surface area contributed by atoms with Crippen LogP contribution in [-0.2, 0) is 4.79 Å². The van der Waals surface area contributed by atoms with Crippen molar-refractivity contribution in [1.82, 2.24) is 15.1 Å². The summed E-state index contributed by atoms with van der Waals surface area (Å²) in [6.07, 6.45) is 2.29. The Labute approximate surface area is 109 Å². The summed E-state index contributed by atoms with van der Waals surface area (Å²) in [5.41, 5.74) is 0.707. The number of carboxylic acids is 1. The van der Waals surface area contributed by atoms with Crippen LogP contribution in [0.4, 0.5) is 5.82 Å².